The first kappa shape index (κ1) is 25.4. The summed E-state index contributed by atoms with van der Waals surface area (Å²) in [6.45, 7) is 2.11. The number of ether oxygens (including phenoxy) is 3. The summed E-state index contributed by atoms with van der Waals surface area (Å²) < 4.78 is 40.9. The Morgan fingerprint density at radius 1 is 1.09 bits per heavy atom. The number of alkyl halides is 2. The van der Waals surface area contributed by atoms with Crippen molar-refractivity contribution >= 4 is 23.6 Å². The molecule has 0 bridgehead atoms. The highest BCUT2D eigenvalue weighted by Crippen LogP contribution is 2.30. The van der Waals surface area contributed by atoms with Crippen LogP contribution in [0, 0.1) is 20.8 Å². The van der Waals surface area contributed by atoms with Crippen LogP contribution in [0.2, 0.25) is 0 Å². The Bertz CT molecular complexity index is 1240. The minimum Gasteiger partial charge on any atom is -0.493 e. The number of esters is 1. The van der Waals surface area contributed by atoms with Gasteiger partial charge in [0.1, 0.15) is 0 Å². The Hall–Kier alpha value is -4.21. The summed E-state index contributed by atoms with van der Waals surface area (Å²) in [7, 11) is 1.31. The van der Waals surface area contributed by atoms with Gasteiger partial charge in [-0.2, -0.15) is 13.9 Å². The average Bonchev–Trinajstić information content (AvgIpc) is 3.10. The first-order valence-corrected chi connectivity index (χ1v) is 10.6. The normalized spacial score (nSPS) is 11.1. The third kappa shape index (κ3) is 6.66. The van der Waals surface area contributed by atoms with Gasteiger partial charge >= 0.3 is 12.6 Å². The van der Waals surface area contributed by atoms with Gasteiger partial charge in [-0.1, -0.05) is 23.8 Å². The first-order valence-electron chi connectivity index (χ1n) is 10.6. The second kappa shape index (κ2) is 11.3. The first-order chi connectivity index (χ1) is 16.7. The van der Waals surface area contributed by atoms with Crippen molar-refractivity contribution in [3.05, 3.63) is 71.1 Å². The topological polar surface area (TPSA) is 91.7 Å². The zero-order valence-corrected chi connectivity index (χ0v) is 19.7. The van der Waals surface area contributed by atoms with Crippen molar-refractivity contribution in [1.82, 2.24) is 9.78 Å². The number of carbonyl (C=O) groups excluding carboxylic acids is 2. The summed E-state index contributed by atoms with van der Waals surface area (Å²) in [5.41, 5.74) is 4.37. The van der Waals surface area contributed by atoms with Crippen LogP contribution in [0.4, 0.5) is 14.5 Å². The molecule has 0 aliphatic rings. The Balaban J connectivity index is 1.58. The van der Waals surface area contributed by atoms with Gasteiger partial charge in [-0.3, -0.25) is 4.79 Å². The molecule has 0 saturated carbocycles. The van der Waals surface area contributed by atoms with Crippen LogP contribution in [-0.2, 0) is 14.3 Å². The van der Waals surface area contributed by atoms with Crippen LogP contribution in [0.1, 0.15) is 22.5 Å². The summed E-state index contributed by atoms with van der Waals surface area (Å²) in [5, 5.41) is 7.21. The molecule has 3 rings (SSSR count). The summed E-state index contributed by atoms with van der Waals surface area (Å²) in [6, 6.07) is 12.0. The monoisotopic (exact) mass is 485 g/mol. The fourth-order valence-corrected chi connectivity index (χ4v) is 3.27. The predicted octanol–water partition coefficient (Wildman–Crippen LogP) is 4.60. The number of nitrogens with zero attached hydrogens (tertiary/aromatic N) is 2. The van der Waals surface area contributed by atoms with Crippen LogP contribution < -0.4 is 14.8 Å². The Kier molecular flexibility index (Phi) is 8.19. The van der Waals surface area contributed by atoms with Crippen molar-refractivity contribution in [3.8, 4) is 17.2 Å². The molecule has 1 amide bonds. The minimum absolute atomic E-state index is 0.0807. The SMILES string of the molecule is COc1cc(/C=C/C(=O)OCC(=O)Nc2c(C)nn(-c3ccc(C)cc3)c2C)ccc1OC(F)F. The van der Waals surface area contributed by atoms with E-state index in [9.17, 15) is 18.4 Å². The maximum Gasteiger partial charge on any atom is 0.387 e. The van der Waals surface area contributed by atoms with Gasteiger partial charge in [-0.05, 0) is 56.7 Å². The smallest absolute Gasteiger partial charge is 0.387 e. The number of carbonyl (C=O) groups is 2. The van der Waals surface area contributed by atoms with Crippen molar-refractivity contribution in [2.45, 2.75) is 27.4 Å². The summed E-state index contributed by atoms with van der Waals surface area (Å²) in [4.78, 5) is 24.4. The van der Waals surface area contributed by atoms with Gasteiger partial charge < -0.3 is 19.5 Å². The van der Waals surface area contributed by atoms with Crippen LogP contribution in [0.15, 0.2) is 48.5 Å². The molecule has 0 radical (unpaired) electrons. The predicted molar refractivity (Wildman–Crippen MR) is 126 cm³/mol. The highest BCUT2D eigenvalue weighted by Gasteiger charge is 2.16. The van der Waals surface area contributed by atoms with E-state index in [1.54, 1.807) is 11.6 Å². The van der Waals surface area contributed by atoms with Crippen LogP contribution in [0.3, 0.4) is 0 Å². The molecule has 1 aromatic heterocycles. The number of rotatable bonds is 9. The van der Waals surface area contributed by atoms with Crippen molar-refractivity contribution in [2.75, 3.05) is 19.0 Å². The molecule has 0 spiro atoms. The number of halogens is 2. The molecule has 1 N–H and O–H groups in total. The highest BCUT2D eigenvalue weighted by atomic mass is 19.3. The maximum absolute atomic E-state index is 12.4. The number of hydrogen-bond acceptors (Lipinski definition) is 6. The number of anilines is 1. The maximum atomic E-state index is 12.4. The number of methoxy groups -OCH3 is 1. The molecule has 0 aliphatic carbocycles. The number of nitrogens with one attached hydrogen (secondary N) is 1. The fraction of sp³-hybridized carbons (Fsp3) is 0.240. The summed E-state index contributed by atoms with van der Waals surface area (Å²) in [5.74, 6) is -1.32. The lowest BCUT2D eigenvalue weighted by atomic mass is 10.2. The van der Waals surface area contributed by atoms with Gasteiger partial charge in [0.05, 0.1) is 29.9 Å². The fourth-order valence-electron chi connectivity index (χ4n) is 3.27. The highest BCUT2D eigenvalue weighted by molar-refractivity contribution is 5.95. The second-order valence-corrected chi connectivity index (χ2v) is 7.57. The van der Waals surface area contributed by atoms with E-state index in [0.29, 0.717) is 16.9 Å². The van der Waals surface area contributed by atoms with Crippen molar-refractivity contribution < 1.29 is 32.6 Å². The molecule has 0 atom stereocenters. The number of amides is 1. The Labute approximate surface area is 201 Å². The third-order valence-electron chi connectivity index (χ3n) is 5.00. The molecule has 1 heterocycles. The molecule has 184 valence electrons. The third-order valence-corrected chi connectivity index (χ3v) is 5.00. The molecule has 0 fully saturated rings. The largest absolute Gasteiger partial charge is 0.493 e. The molecular weight excluding hydrogens is 460 g/mol. The second-order valence-electron chi connectivity index (χ2n) is 7.57. The van der Waals surface area contributed by atoms with Crippen molar-refractivity contribution in [3.63, 3.8) is 0 Å². The molecule has 10 heteroatoms. The van der Waals surface area contributed by atoms with E-state index in [1.807, 2.05) is 38.1 Å². The summed E-state index contributed by atoms with van der Waals surface area (Å²) >= 11 is 0. The number of aryl methyl sites for hydroxylation is 2. The van der Waals surface area contributed by atoms with Gasteiger partial charge in [0.2, 0.25) is 0 Å². The zero-order valence-electron chi connectivity index (χ0n) is 19.7. The molecule has 8 nitrogen and oxygen atoms in total. The Morgan fingerprint density at radius 2 is 1.80 bits per heavy atom. The quantitative estimate of drug-likeness (QED) is 0.352. The molecule has 2 aromatic carbocycles. The van der Waals surface area contributed by atoms with Crippen LogP contribution in [-0.4, -0.2) is 42.0 Å². The summed E-state index contributed by atoms with van der Waals surface area (Å²) in [6.07, 6.45) is 2.51. The van der Waals surface area contributed by atoms with Gasteiger partial charge in [0, 0.05) is 6.08 Å². The number of aromatic nitrogens is 2. The molecular formula is C25H25F2N3O5. The molecule has 0 aliphatic heterocycles. The zero-order chi connectivity index (χ0) is 25.5. The van der Waals surface area contributed by atoms with Crippen LogP contribution >= 0.6 is 0 Å². The Morgan fingerprint density at radius 3 is 2.46 bits per heavy atom. The average molecular weight is 485 g/mol. The van der Waals surface area contributed by atoms with E-state index < -0.39 is 25.1 Å². The van der Waals surface area contributed by atoms with E-state index >= 15 is 0 Å². The lowest BCUT2D eigenvalue weighted by molar-refractivity contribution is -0.142. The molecule has 0 saturated heterocycles. The number of benzene rings is 2. The van der Waals surface area contributed by atoms with Gasteiger partial charge in [0.25, 0.3) is 5.91 Å². The molecule has 0 unspecified atom stereocenters. The van der Waals surface area contributed by atoms with E-state index in [-0.39, 0.29) is 11.5 Å². The lowest BCUT2D eigenvalue weighted by Gasteiger charge is -2.10. The minimum atomic E-state index is -2.99. The van der Waals surface area contributed by atoms with Crippen LogP contribution in [0.5, 0.6) is 11.5 Å². The number of hydrogen-bond donors (Lipinski definition) is 1. The van der Waals surface area contributed by atoms with Gasteiger partial charge in [-0.15, -0.1) is 0 Å². The molecule has 3 aromatic rings. The van der Waals surface area contributed by atoms with E-state index in [4.69, 9.17) is 9.47 Å². The lowest BCUT2D eigenvalue weighted by Crippen LogP contribution is -2.20. The van der Waals surface area contributed by atoms with E-state index in [2.05, 4.69) is 15.2 Å². The standard InChI is InChI=1S/C25H25F2N3O5/c1-15-5-9-19(10-6-15)30-17(3)24(16(2)29-30)28-22(31)14-34-23(32)12-8-18-7-11-20(35-25(26)27)21(13-18)33-4/h5-13,25H,14H2,1-4H3,(H,28,31)/b12-8+. The van der Waals surface area contributed by atoms with Gasteiger partial charge in [-0.25, -0.2) is 9.48 Å². The van der Waals surface area contributed by atoms with E-state index in [1.165, 1.54) is 31.4 Å². The van der Waals surface area contributed by atoms with Crippen molar-refractivity contribution in [2.24, 2.45) is 0 Å². The molecule has 35 heavy (non-hydrogen) atoms. The van der Waals surface area contributed by atoms with Crippen LogP contribution in [0.25, 0.3) is 11.8 Å². The van der Waals surface area contributed by atoms with Crippen molar-refractivity contribution in [1.29, 1.82) is 0 Å². The van der Waals surface area contributed by atoms with E-state index in [0.717, 1.165) is 23.0 Å². The van der Waals surface area contributed by atoms with Gasteiger partial charge in [0.15, 0.2) is 18.1 Å².